The summed E-state index contributed by atoms with van der Waals surface area (Å²) in [5.41, 5.74) is 5.51. The van der Waals surface area contributed by atoms with Gasteiger partial charge in [-0.1, -0.05) is 24.3 Å². The summed E-state index contributed by atoms with van der Waals surface area (Å²) in [6.45, 7) is 6.53. The lowest BCUT2D eigenvalue weighted by molar-refractivity contribution is 0.216. The SMILES string of the molecule is Cc1cccc(C)c1C1c2cccn2CCCN1Cc1ccc(F)cc1F. The maximum Gasteiger partial charge on any atom is 0.130 e. The van der Waals surface area contributed by atoms with E-state index < -0.39 is 11.6 Å². The second-order valence-corrected chi connectivity index (χ2v) is 7.39. The van der Waals surface area contributed by atoms with Crippen LogP contribution in [0.4, 0.5) is 8.78 Å². The average molecular weight is 366 g/mol. The van der Waals surface area contributed by atoms with E-state index in [0.717, 1.165) is 25.6 Å². The highest BCUT2D eigenvalue weighted by Gasteiger charge is 2.30. The van der Waals surface area contributed by atoms with E-state index in [4.69, 9.17) is 0 Å². The monoisotopic (exact) mass is 366 g/mol. The third-order valence-electron chi connectivity index (χ3n) is 5.56. The predicted octanol–water partition coefficient (Wildman–Crippen LogP) is 5.38. The minimum Gasteiger partial charge on any atom is -0.350 e. The summed E-state index contributed by atoms with van der Waals surface area (Å²) >= 11 is 0. The van der Waals surface area contributed by atoms with E-state index in [1.165, 1.54) is 28.5 Å². The summed E-state index contributed by atoms with van der Waals surface area (Å²) in [4.78, 5) is 2.32. The van der Waals surface area contributed by atoms with Crippen LogP contribution in [0.3, 0.4) is 0 Å². The summed E-state index contributed by atoms with van der Waals surface area (Å²) in [5.74, 6) is -1.01. The Morgan fingerprint density at radius 2 is 1.74 bits per heavy atom. The molecule has 0 spiro atoms. The van der Waals surface area contributed by atoms with Gasteiger partial charge in [-0.25, -0.2) is 8.78 Å². The lowest BCUT2D eigenvalue weighted by Crippen LogP contribution is -2.31. The molecule has 27 heavy (non-hydrogen) atoms. The summed E-state index contributed by atoms with van der Waals surface area (Å²) in [7, 11) is 0. The van der Waals surface area contributed by atoms with Crippen molar-refractivity contribution in [3.63, 3.8) is 0 Å². The lowest BCUT2D eigenvalue weighted by atomic mass is 9.92. The minimum atomic E-state index is -0.535. The molecule has 0 N–H and O–H groups in total. The maximum atomic E-state index is 14.4. The molecule has 1 aliphatic heterocycles. The van der Waals surface area contributed by atoms with Crippen molar-refractivity contribution in [1.29, 1.82) is 0 Å². The van der Waals surface area contributed by atoms with Gasteiger partial charge >= 0.3 is 0 Å². The maximum absolute atomic E-state index is 14.4. The molecule has 0 amide bonds. The Labute approximate surface area is 159 Å². The first kappa shape index (κ1) is 17.9. The number of hydrogen-bond acceptors (Lipinski definition) is 1. The van der Waals surface area contributed by atoms with E-state index in [-0.39, 0.29) is 6.04 Å². The molecule has 2 heterocycles. The van der Waals surface area contributed by atoms with Crippen LogP contribution in [0, 0.1) is 25.5 Å². The van der Waals surface area contributed by atoms with Gasteiger partial charge in [0.25, 0.3) is 0 Å². The van der Waals surface area contributed by atoms with Crippen molar-refractivity contribution in [2.24, 2.45) is 0 Å². The molecule has 0 aliphatic carbocycles. The van der Waals surface area contributed by atoms with Crippen molar-refractivity contribution >= 4 is 0 Å². The molecule has 0 fully saturated rings. The fourth-order valence-corrected chi connectivity index (χ4v) is 4.27. The topological polar surface area (TPSA) is 8.17 Å². The zero-order valence-corrected chi connectivity index (χ0v) is 15.8. The van der Waals surface area contributed by atoms with Crippen LogP contribution in [0.1, 0.15) is 40.4 Å². The normalized spacial score (nSPS) is 17.6. The molecule has 1 aromatic heterocycles. The molecule has 2 nitrogen and oxygen atoms in total. The number of aryl methyl sites for hydroxylation is 3. The largest absolute Gasteiger partial charge is 0.350 e. The molecule has 0 bridgehead atoms. The molecule has 2 aromatic carbocycles. The standard InChI is InChI=1S/C23H24F2N2/c1-16-6-3-7-17(2)22(16)23-21-8-4-11-26(21)12-5-13-27(23)15-18-9-10-19(24)14-20(18)25/h3-4,6-11,14,23H,5,12-13,15H2,1-2H3. The van der Waals surface area contributed by atoms with E-state index in [1.54, 1.807) is 6.07 Å². The van der Waals surface area contributed by atoms with Gasteiger partial charge in [-0.2, -0.15) is 0 Å². The van der Waals surface area contributed by atoms with Crippen LogP contribution in [0.15, 0.2) is 54.7 Å². The minimum absolute atomic E-state index is 0.0492. The number of hydrogen-bond donors (Lipinski definition) is 0. The zero-order chi connectivity index (χ0) is 19.0. The number of rotatable bonds is 3. The molecular formula is C23H24F2N2. The van der Waals surface area contributed by atoms with Gasteiger partial charge in [0, 0.05) is 43.2 Å². The Kier molecular flexibility index (Phi) is 4.83. The molecule has 0 saturated heterocycles. The molecule has 1 unspecified atom stereocenters. The molecule has 1 aliphatic rings. The Hall–Kier alpha value is -2.46. The Bertz CT molecular complexity index is 941. The Morgan fingerprint density at radius 1 is 0.963 bits per heavy atom. The molecule has 3 aromatic rings. The molecule has 1 atom stereocenters. The van der Waals surface area contributed by atoms with E-state index in [9.17, 15) is 8.78 Å². The van der Waals surface area contributed by atoms with Gasteiger partial charge in [0.1, 0.15) is 11.6 Å². The van der Waals surface area contributed by atoms with Crippen molar-refractivity contribution in [1.82, 2.24) is 9.47 Å². The molecule has 4 heteroatoms. The van der Waals surface area contributed by atoms with Gasteiger partial charge in [0.05, 0.1) is 6.04 Å². The second kappa shape index (κ2) is 7.28. The average Bonchev–Trinajstić information content (AvgIpc) is 3.01. The van der Waals surface area contributed by atoms with Crippen molar-refractivity contribution in [2.75, 3.05) is 6.54 Å². The van der Waals surface area contributed by atoms with Gasteiger partial charge in [0.2, 0.25) is 0 Å². The number of aromatic nitrogens is 1. The van der Waals surface area contributed by atoms with Gasteiger partial charge in [-0.15, -0.1) is 0 Å². The van der Waals surface area contributed by atoms with Gasteiger partial charge < -0.3 is 4.57 Å². The highest BCUT2D eigenvalue weighted by molar-refractivity contribution is 5.41. The van der Waals surface area contributed by atoms with Crippen LogP contribution in [0.5, 0.6) is 0 Å². The quantitative estimate of drug-likeness (QED) is 0.604. The first-order valence-electron chi connectivity index (χ1n) is 9.43. The van der Waals surface area contributed by atoms with Crippen LogP contribution in [-0.4, -0.2) is 16.0 Å². The van der Waals surface area contributed by atoms with Gasteiger partial charge in [-0.3, -0.25) is 4.90 Å². The Morgan fingerprint density at radius 3 is 2.48 bits per heavy atom. The first-order valence-corrected chi connectivity index (χ1v) is 9.43. The van der Waals surface area contributed by atoms with E-state index >= 15 is 0 Å². The molecule has 4 rings (SSSR count). The third kappa shape index (κ3) is 3.42. The van der Waals surface area contributed by atoms with Crippen molar-refractivity contribution in [3.05, 3.63) is 94.3 Å². The lowest BCUT2D eigenvalue weighted by Gasteiger charge is -2.32. The van der Waals surface area contributed by atoms with Crippen LogP contribution in [0.25, 0.3) is 0 Å². The van der Waals surface area contributed by atoms with Crippen LogP contribution >= 0.6 is 0 Å². The summed E-state index contributed by atoms with van der Waals surface area (Å²) < 4.78 is 30.0. The summed E-state index contributed by atoms with van der Waals surface area (Å²) in [6, 6.07) is 14.5. The van der Waals surface area contributed by atoms with Crippen molar-refractivity contribution < 1.29 is 8.78 Å². The van der Waals surface area contributed by atoms with Crippen LogP contribution < -0.4 is 0 Å². The van der Waals surface area contributed by atoms with E-state index in [0.29, 0.717) is 12.1 Å². The van der Waals surface area contributed by atoms with Crippen molar-refractivity contribution in [2.45, 2.75) is 39.4 Å². The van der Waals surface area contributed by atoms with E-state index in [1.807, 2.05) is 0 Å². The molecule has 0 radical (unpaired) electrons. The number of nitrogens with zero attached hydrogens (tertiary/aromatic N) is 2. The molecular weight excluding hydrogens is 342 g/mol. The predicted molar refractivity (Wildman–Crippen MR) is 104 cm³/mol. The second-order valence-electron chi connectivity index (χ2n) is 7.39. The highest BCUT2D eigenvalue weighted by Crippen LogP contribution is 2.36. The van der Waals surface area contributed by atoms with Crippen LogP contribution in [-0.2, 0) is 13.1 Å². The highest BCUT2D eigenvalue weighted by atomic mass is 19.1. The molecule has 0 saturated carbocycles. The number of benzene rings is 2. The van der Waals surface area contributed by atoms with Crippen molar-refractivity contribution in [3.8, 4) is 0 Å². The van der Waals surface area contributed by atoms with Gasteiger partial charge in [0.15, 0.2) is 0 Å². The molecule has 140 valence electrons. The fraction of sp³-hybridized carbons (Fsp3) is 0.304. The van der Waals surface area contributed by atoms with Gasteiger partial charge in [-0.05, 0) is 55.2 Å². The number of fused-ring (bicyclic) bond motifs is 1. The number of halogens is 2. The Balaban J connectivity index is 1.81. The fourth-order valence-electron chi connectivity index (χ4n) is 4.27. The first-order chi connectivity index (χ1) is 13.0. The summed E-state index contributed by atoms with van der Waals surface area (Å²) in [6.07, 6.45) is 3.11. The zero-order valence-electron chi connectivity index (χ0n) is 15.8. The third-order valence-corrected chi connectivity index (χ3v) is 5.56. The smallest absolute Gasteiger partial charge is 0.130 e. The van der Waals surface area contributed by atoms with E-state index in [2.05, 4.69) is 59.8 Å². The summed E-state index contributed by atoms with van der Waals surface area (Å²) in [5, 5.41) is 0. The van der Waals surface area contributed by atoms with Crippen LogP contribution in [0.2, 0.25) is 0 Å².